The SMILES string of the molecule is CCc1ccccc1NC(=O)CCCN1C(=O)C(=Cc2cccs2)SC1=S. The lowest BCUT2D eigenvalue weighted by Gasteiger charge is -2.14. The van der Waals surface area contributed by atoms with Crippen molar-refractivity contribution in [1.82, 2.24) is 4.90 Å². The van der Waals surface area contributed by atoms with E-state index in [4.69, 9.17) is 12.2 Å². The smallest absolute Gasteiger partial charge is 0.266 e. The molecule has 0 aliphatic carbocycles. The fourth-order valence-corrected chi connectivity index (χ4v) is 4.79. The molecule has 0 spiro atoms. The molecule has 0 atom stereocenters. The van der Waals surface area contributed by atoms with Gasteiger partial charge in [0.25, 0.3) is 5.91 Å². The molecule has 4 nitrogen and oxygen atoms in total. The Labute approximate surface area is 172 Å². The van der Waals surface area contributed by atoms with Gasteiger partial charge in [-0.25, -0.2) is 0 Å². The summed E-state index contributed by atoms with van der Waals surface area (Å²) in [6, 6.07) is 11.7. The first kappa shape index (κ1) is 19.8. The second-order valence-electron chi connectivity index (χ2n) is 6.01. The molecule has 2 amide bonds. The van der Waals surface area contributed by atoms with E-state index in [0.717, 1.165) is 22.5 Å². The second kappa shape index (κ2) is 9.30. The Balaban J connectivity index is 1.52. The maximum absolute atomic E-state index is 12.5. The molecule has 27 heavy (non-hydrogen) atoms. The molecule has 1 aliphatic rings. The lowest BCUT2D eigenvalue weighted by molar-refractivity contribution is -0.122. The largest absolute Gasteiger partial charge is 0.326 e. The predicted molar refractivity (Wildman–Crippen MR) is 118 cm³/mol. The van der Waals surface area contributed by atoms with Crippen molar-refractivity contribution in [3.63, 3.8) is 0 Å². The van der Waals surface area contributed by atoms with Crippen LogP contribution >= 0.6 is 35.3 Å². The van der Waals surface area contributed by atoms with Gasteiger partial charge in [0.2, 0.25) is 5.91 Å². The van der Waals surface area contributed by atoms with E-state index in [9.17, 15) is 9.59 Å². The Bertz CT molecular complexity index is 875. The third-order valence-electron chi connectivity index (χ3n) is 4.15. The number of thiophene rings is 1. The quantitative estimate of drug-likeness (QED) is 0.514. The number of rotatable bonds is 7. The first-order valence-electron chi connectivity index (χ1n) is 8.75. The summed E-state index contributed by atoms with van der Waals surface area (Å²) in [6.07, 6.45) is 3.65. The minimum Gasteiger partial charge on any atom is -0.326 e. The van der Waals surface area contributed by atoms with Crippen LogP contribution in [0.4, 0.5) is 5.69 Å². The van der Waals surface area contributed by atoms with Gasteiger partial charge in [0.1, 0.15) is 4.32 Å². The summed E-state index contributed by atoms with van der Waals surface area (Å²) >= 11 is 8.24. The first-order chi connectivity index (χ1) is 13.1. The summed E-state index contributed by atoms with van der Waals surface area (Å²) < 4.78 is 0.555. The van der Waals surface area contributed by atoms with Crippen molar-refractivity contribution >= 4 is 63.2 Å². The molecule has 1 saturated heterocycles. The number of carbonyl (C=O) groups is 2. The van der Waals surface area contributed by atoms with E-state index in [1.54, 1.807) is 16.2 Å². The molecule has 1 fully saturated rings. The lowest BCUT2D eigenvalue weighted by atomic mass is 10.1. The molecular formula is C20H20N2O2S3. The normalized spacial score (nSPS) is 15.6. The molecule has 2 aromatic rings. The van der Waals surface area contributed by atoms with Crippen molar-refractivity contribution in [1.29, 1.82) is 0 Å². The van der Waals surface area contributed by atoms with Gasteiger partial charge in [-0.2, -0.15) is 0 Å². The number of hydrogen-bond acceptors (Lipinski definition) is 5. The van der Waals surface area contributed by atoms with Gasteiger partial charge >= 0.3 is 0 Å². The number of thioether (sulfide) groups is 1. The van der Waals surface area contributed by atoms with E-state index < -0.39 is 0 Å². The van der Waals surface area contributed by atoms with Gasteiger partial charge in [-0.15, -0.1) is 11.3 Å². The molecule has 1 N–H and O–H groups in total. The van der Waals surface area contributed by atoms with Crippen LogP contribution < -0.4 is 5.32 Å². The Kier molecular flexibility index (Phi) is 6.82. The molecule has 0 unspecified atom stereocenters. The predicted octanol–water partition coefficient (Wildman–Crippen LogP) is 4.93. The zero-order valence-electron chi connectivity index (χ0n) is 14.9. The van der Waals surface area contributed by atoms with Crippen LogP contribution in [0.5, 0.6) is 0 Å². The molecule has 7 heteroatoms. The van der Waals surface area contributed by atoms with Crippen LogP contribution in [0.15, 0.2) is 46.7 Å². The highest BCUT2D eigenvalue weighted by atomic mass is 32.2. The molecule has 1 aliphatic heterocycles. The first-order valence-corrected chi connectivity index (χ1v) is 10.9. The Morgan fingerprint density at radius 3 is 2.81 bits per heavy atom. The zero-order valence-corrected chi connectivity index (χ0v) is 17.4. The van der Waals surface area contributed by atoms with Crippen LogP contribution in [-0.2, 0) is 16.0 Å². The van der Waals surface area contributed by atoms with E-state index in [-0.39, 0.29) is 11.8 Å². The number of nitrogens with one attached hydrogen (secondary N) is 1. The summed E-state index contributed by atoms with van der Waals surface area (Å²) in [5.74, 6) is -0.120. The highest BCUT2D eigenvalue weighted by molar-refractivity contribution is 8.26. The summed E-state index contributed by atoms with van der Waals surface area (Å²) in [5.41, 5.74) is 1.97. The molecule has 140 valence electrons. The molecular weight excluding hydrogens is 396 g/mol. The van der Waals surface area contributed by atoms with Gasteiger partial charge in [-0.1, -0.05) is 55.2 Å². The minimum atomic E-state index is -0.0739. The fourth-order valence-electron chi connectivity index (χ4n) is 2.76. The maximum atomic E-state index is 12.5. The van der Waals surface area contributed by atoms with Gasteiger partial charge in [0.05, 0.1) is 4.91 Å². The van der Waals surface area contributed by atoms with Gasteiger partial charge in [-0.3, -0.25) is 14.5 Å². The molecule has 0 radical (unpaired) electrons. The van der Waals surface area contributed by atoms with E-state index >= 15 is 0 Å². The number of benzene rings is 1. The van der Waals surface area contributed by atoms with Crippen molar-refractivity contribution in [3.05, 3.63) is 57.1 Å². The van der Waals surface area contributed by atoms with Gasteiger partial charge in [0, 0.05) is 23.5 Å². The minimum absolute atomic E-state index is 0.0459. The molecule has 0 saturated carbocycles. The van der Waals surface area contributed by atoms with Crippen LogP contribution in [-0.4, -0.2) is 27.6 Å². The van der Waals surface area contributed by atoms with Gasteiger partial charge in [0.15, 0.2) is 0 Å². The number of anilines is 1. The highest BCUT2D eigenvalue weighted by Crippen LogP contribution is 2.33. The van der Waals surface area contributed by atoms with Crippen LogP contribution in [0, 0.1) is 0 Å². The Morgan fingerprint density at radius 1 is 1.26 bits per heavy atom. The van der Waals surface area contributed by atoms with E-state index in [1.807, 2.05) is 47.9 Å². The van der Waals surface area contributed by atoms with E-state index in [0.29, 0.717) is 28.6 Å². The zero-order chi connectivity index (χ0) is 19.2. The van der Waals surface area contributed by atoms with E-state index in [2.05, 4.69) is 12.2 Å². The molecule has 3 rings (SSSR count). The van der Waals surface area contributed by atoms with Crippen molar-refractivity contribution in [3.8, 4) is 0 Å². The average Bonchev–Trinajstić information content (AvgIpc) is 3.26. The third kappa shape index (κ3) is 5.06. The van der Waals surface area contributed by atoms with Crippen molar-refractivity contribution in [2.75, 3.05) is 11.9 Å². The Hall–Kier alpha value is -1.96. The molecule has 0 bridgehead atoms. The average molecular weight is 417 g/mol. The standard InChI is InChI=1S/C20H20N2O2S3/c1-2-14-7-3-4-9-16(14)21-18(23)10-5-11-22-19(24)17(27-20(22)25)13-15-8-6-12-26-15/h3-4,6-9,12-13H,2,5,10-11H2,1H3,(H,21,23). The Morgan fingerprint density at radius 2 is 2.07 bits per heavy atom. The van der Waals surface area contributed by atoms with Crippen LogP contribution in [0.1, 0.15) is 30.2 Å². The van der Waals surface area contributed by atoms with Crippen molar-refractivity contribution < 1.29 is 9.59 Å². The van der Waals surface area contributed by atoms with Gasteiger partial charge < -0.3 is 5.32 Å². The summed E-state index contributed by atoms with van der Waals surface area (Å²) in [6.45, 7) is 2.51. The number of thiocarbonyl (C=S) groups is 1. The van der Waals surface area contributed by atoms with Crippen LogP contribution in [0.3, 0.4) is 0 Å². The number of hydrogen-bond donors (Lipinski definition) is 1. The van der Waals surface area contributed by atoms with Gasteiger partial charge in [-0.05, 0) is 42.0 Å². The lowest BCUT2D eigenvalue weighted by Crippen LogP contribution is -2.29. The number of carbonyl (C=O) groups excluding carboxylic acids is 2. The highest BCUT2D eigenvalue weighted by Gasteiger charge is 2.31. The van der Waals surface area contributed by atoms with Crippen molar-refractivity contribution in [2.24, 2.45) is 0 Å². The van der Waals surface area contributed by atoms with E-state index in [1.165, 1.54) is 11.8 Å². The summed E-state index contributed by atoms with van der Waals surface area (Å²) in [7, 11) is 0. The monoisotopic (exact) mass is 416 g/mol. The maximum Gasteiger partial charge on any atom is 0.266 e. The van der Waals surface area contributed by atoms with Crippen LogP contribution in [0.2, 0.25) is 0 Å². The molecule has 2 heterocycles. The fraction of sp³-hybridized carbons (Fsp3) is 0.250. The molecule has 1 aromatic heterocycles. The number of nitrogens with zero attached hydrogens (tertiary/aromatic N) is 1. The topological polar surface area (TPSA) is 49.4 Å². The van der Waals surface area contributed by atoms with Crippen LogP contribution in [0.25, 0.3) is 6.08 Å². The summed E-state index contributed by atoms with van der Waals surface area (Å²) in [5, 5.41) is 4.93. The van der Waals surface area contributed by atoms with Crippen molar-refractivity contribution in [2.45, 2.75) is 26.2 Å². The number of aryl methyl sites for hydroxylation is 1. The summed E-state index contributed by atoms with van der Waals surface area (Å²) in [4.78, 5) is 28.0. The second-order valence-corrected chi connectivity index (χ2v) is 8.67. The number of amides is 2. The number of para-hydroxylation sites is 1. The third-order valence-corrected chi connectivity index (χ3v) is 6.35. The molecule has 1 aromatic carbocycles.